The molecule has 2 aliphatic carbocycles. The predicted octanol–water partition coefficient (Wildman–Crippen LogP) is 2.60. The number of rotatable bonds is 3. The van der Waals surface area contributed by atoms with Crippen LogP contribution in [0.2, 0.25) is 0 Å². The summed E-state index contributed by atoms with van der Waals surface area (Å²) in [6, 6.07) is 0.525. The second-order valence-electron chi connectivity index (χ2n) is 4.14. The fraction of sp³-hybridized carbons (Fsp3) is 0.778. The van der Waals surface area contributed by atoms with E-state index in [0.29, 0.717) is 17.3 Å². The lowest BCUT2D eigenvalue weighted by molar-refractivity contribution is 0.454. The van der Waals surface area contributed by atoms with E-state index in [1.54, 1.807) is 0 Å². The Morgan fingerprint density at radius 2 is 2.14 bits per heavy atom. The highest BCUT2D eigenvalue weighted by Gasteiger charge is 2.30. The van der Waals surface area contributed by atoms with Crippen LogP contribution < -0.4 is 5.32 Å². The Morgan fingerprint density at radius 3 is 2.79 bits per heavy atom. The molecule has 3 rings (SSSR count). The van der Waals surface area contributed by atoms with Crippen LogP contribution in [0.15, 0.2) is 0 Å². The number of aromatic nitrogens is 2. The Morgan fingerprint density at radius 1 is 1.36 bits per heavy atom. The van der Waals surface area contributed by atoms with Gasteiger partial charge in [0.2, 0.25) is 5.13 Å². The van der Waals surface area contributed by atoms with Crippen LogP contribution in [0.1, 0.15) is 37.4 Å². The number of hydrogen-bond acceptors (Lipinski definition) is 4. The van der Waals surface area contributed by atoms with E-state index in [-0.39, 0.29) is 0 Å². The summed E-state index contributed by atoms with van der Waals surface area (Å²) in [5, 5.41) is 4.71. The van der Waals surface area contributed by atoms with Gasteiger partial charge < -0.3 is 5.32 Å². The molecule has 14 heavy (non-hydrogen) atoms. The molecule has 1 aromatic heterocycles. The van der Waals surface area contributed by atoms with Gasteiger partial charge in [0.15, 0.2) is 0 Å². The lowest BCUT2D eigenvalue weighted by atomic mass is 9.93. The molecule has 3 nitrogen and oxygen atoms in total. The largest absolute Gasteiger partial charge is 0.357 e. The molecule has 0 bridgehead atoms. The molecule has 1 N–H and O–H groups in total. The molecule has 0 unspecified atom stereocenters. The third kappa shape index (κ3) is 1.73. The fourth-order valence-corrected chi connectivity index (χ4v) is 2.80. The van der Waals surface area contributed by atoms with Crippen molar-refractivity contribution in [3.05, 3.63) is 5.82 Å². The average Bonchev–Trinajstić information content (AvgIpc) is 2.86. The third-order valence-electron chi connectivity index (χ3n) is 2.79. The second kappa shape index (κ2) is 3.35. The molecule has 76 valence electrons. The van der Waals surface area contributed by atoms with Gasteiger partial charge in [0.25, 0.3) is 0 Å². The van der Waals surface area contributed by atoms with Crippen molar-refractivity contribution in [3.63, 3.8) is 0 Å². The quantitative estimate of drug-likeness (QED) is 0.810. The van der Waals surface area contributed by atoms with Crippen LogP contribution in [0.4, 0.5) is 5.13 Å². The molecule has 2 saturated carbocycles. The summed E-state index contributed by atoms with van der Waals surface area (Å²) in [4.78, 5) is 4.47. The maximum Gasteiger partial charge on any atom is 0.202 e. The van der Waals surface area contributed by atoms with Gasteiger partial charge in [-0.1, -0.05) is 0 Å². The number of nitrogens with zero attached hydrogens (tertiary/aromatic N) is 2. The fourth-order valence-electron chi connectivity index (χ4n) is 1.64. The number of hydrogen-bond donors (Lipinski definition) is 1. The maximum atomic E-state index is 5.90. The summed E-state index contributed by atoms with van der Waals surface area (Å²) >= 11 is 7.38. The summed E-state index contributed by atoms with van der Waals surface area (Å²) in [6.07, 6.45) is 4.65. The van der Waals surface area contributed by atoms with Gasteiger partial charge in [-0.3, -0.25) is 0 Å². The SMILES string of the molecule is ClC1CC(Nc2nc(C3CC3)ns2)C1. The Kier molecular flexibility index (Phi) is 2.13. The molecule has 0 spiro atoms. The summed E-state index contributed by atoms with van der Waals surface area (Å²) in [5.74, 6) is 1.70. The zero-order valence-electron chi connectivity index (χ0n) is 7.74. The monoisotopic (exact) mass is 229 g/mol. The molecule has 0 amide bonds. The van der Waals surface area contributed by atoms with Crippen LogP contribution in [-0.4, -0.2) is 20.8 Å². The second-order valence-corrected chi connectivity index (χ2v) is 5.51. The number of nitrogens with one attached hydrogen (secondary N) is 1. The number of halogens is 1. The highest BCUT2D eigenvalue weighted by atomic mass is 35.5. The molecule has 0 aliphatic heterocycles. The van der Waals surface area contributed by atoms with Crippen molar-refractivity contribution < 1.29 is 0 Å². The molecule has 0 radical (unpaired) electrons. The first kappa shape index (κ1) is 8.92. The first-order chi connectivity index (χ1) is 6.81. The summed E-state index contributed by atoms with van der Waals surface area (Å²) in [6.45, 7) is 0. The molecule has 0 aromatic carbocycles. The molecule has 1 aromatic rings. The van der Waals surface area contributed by atoms with Crippen molar-refractivity contribution in [3.8, 4) is 0 Å². The Hall–Kier alpha value is -0.350. The van der Waals surface area contributed by atoms with E-state index in [9.17, 15) is 0 Å². The van der Waals surface area contributed by atoms with Crippen molar-refractivity contribution in [2.75, 3.05) is 5.32 Å². The highest BCUT2D eigenvalue weighted by molar-refractivity contribution is 7.09. The maximum absolute atomic E-state index is 5.90. The molecule has 0 atom stereocenters. The standard InChI is InChI=1S/C9H12ClN3S/c10-6-3-7(4-6)11-9-12-8(13-14-9)5-1-2-5/h5-7H,1-4H2,(H,11,12,13). The van der Waals surface area contributed by atoms with Crippen LogP contribution in [0, 0.1) is 0 Å². The van der Waals surface area contributed by atoms with E-state index in [0.717, 1.165) is 23.8 Å². The van der Waals surface area contributed by atoms with Crippen molar-refractivity contribution in [1.82, 2.24) is 9.36 Å². The van der Waals surface area contributed by atoms with Crippen molar-refractivity contribution in [2.24, 2.45) is 0 Å². The molecule has 0 saturated heterocycles. The molecule has 5 heteroatoms. The number of alkyl halides is 1. The molecule has 2 fully saturated rings. The smallest absolute Gasteiger partial charge is 0.202 e. The van der Waals surface area contributed by atoms with Gasteiger partial charge in [-0.25, -0.2) is 4.98 Å². The summed E-state index contributed by atoms with van der Waals surface area (Å²) in [7, 11) is 0. The van der Waals surface area contributed by atoms with Crippen LogP contribution in [0.3, 0.4) is 0 Å². The van der Waals surface area contributed by atoms with Gasteiger partial charge in [0, 0.05) is 28.9 Å². The van der Waals surface area contributed by atoms with Crippen LogP contribution in [-0.2, 0) is 0 Å². The molecule has 2 aliphatic rings. The van der Waals surface area contributed by atoms with Gasteiger partial charge in [-0.15, -0.1) is 11.6 Å². The third-order valence-corrected chi connectivity index (χ3v) is 3.81. The van der Waals surface area contributed by atoms with Gasteiger partial charge in [-0.2, -0.15) is 4.37 Å². The van der Waals surface area contributed by atoms with E-state index >= 15 is 0 Å². The highest BCUT2D eigenvalue weighted by Crippen LogP contribution is 2.39. The zero-order valence-corrected chi connectivity index (χ0v) is 9.31. The van der Waals surface area contributed by atoms with Gasteiger partial charge in [0.1, 0.15) is 5.82 Å². The normalized spacial score (nSPS) is 31.2. The molecular formula is C9H12ClN3S. The lowest BCUT2D eigenvalue weighted by Crippen LogP contribution is -2.35. The van der Waals surface area contributed by atoms with Crippen LogP contribution in [0.5, 0.6) is 0 Å². The number of anilines is 1. The Balaban J connectivity index is 1.60. The average molecular weight is 230 g/mol. The van der Waals surface area contributed by atoms with E-state index in [2.05, 4.69) is 14.7 Å². The van der Waals surface area contributed by atoms with Gasteiger partial charge >= 0.3 is 0 Å². The van der Waals surface area contributed by atoms with Crippen molar-refractivity contribution in [2.45, 2.75) is 43.0 Å². The Bertz CT molecular complexity index is 331. The zero-order chi connectivity index (χ0) is 9.54. The van der Waals surface area contributed by atoms with Crippen molar-refractivity contribution in [1.29, 1.82) is 0 Å². The van der Waals surface area contributed by atoms with E-state index < -0.39 is 0 Å². The minimum absolute atomic E-state index is 0.364. The minimum Gasteiger partial charge on any atom is -0.357 e. The minimum atomic E-state index is 0.364. The van der Waals surface area contributed by atoms with E-state index in [1.165, 1.54) is 24.4 Å². The van der Waals surface area contributed by atoms with Gasteiger partial charge in [0.05, 0.1) is 0 Å². The first-order valence-corrected chi connectivity index (χ1v) is 6.26. The molecular weight excluding hydrogens is 218 g/mol. The Labute approximate surface area is 92.0 Å². The molecule has 1 heterocycles. The topological polar surface area (TPSA) is 37.8 Å². The van der Waals surface area contributed by atoms with E-state index in [4.69, 9.17) is 11.6 Å². The lowest BCUT2D eigenvalue weighted by Gasteiger charge is -2.31. The first-order valence-electron chi connectivity index (χ1n) is 5.05. The summed E-state index contributed by atoms with van der Waals surface area (Å²) in [5.41, 5.74) is 0. The predicted molar refractivity (Wildman–Crippen MR) is 58.2 cm³/mol. The summed E-state index contributed by atoms with van der Waals surface area (Å²) < 4.78 is 4.34. The van der Waals surface area contributed by atoms with Crippen LogP contribution >= 0.6 is 23.1 Å². The van der Waals surface area contributed by atoms with Crippen molar-refractivity contribution >= 4 is 28.3 Å². The van der Waals surface area contributed by atoms with Gasteiger partial charge in [-0.05, 0) is 25.7 Å². The van der Waals surface area contributed by atoms with Crippen LogP contribution in [0.25, 0.3) is 0 Å². The van der Waals surface area contributed by atoms with E-state index in [1.807, 2.05) is 0 Å².